The number of nitrogens with one attached hydrogen (secondary N) is 2. The molecule has 164 valence electrons. The van der Waals surface area contributed by atoms with Crippen molar-refractivity contribution in [3.8, 4) is 0 Å². The van der Waals surface area contributed by atoms with Gasteiger partial charge in [-0.15, -0.1) is 5.10 Å². The smallest absolute Gasteiger partial charge is 0.310 e. The van der Waals surface area contributed by atoms with Crippen LogP contribution < -0.4 is 10.4 Å². The molecule has 2 aromatic rings. The molecule has 0 unspecified atom stereocenters. The molecule has 1 aliphatic rings. The van der Waals surface area contributed by atoms with Gasteiger partial charge in [-0.2, -0.15) is 0 Å². The Hall–Kier alpha value is -2.96. The lowest BCUT2D eigenvalue weighted by atomic mass is 10.1. The lowest BCUT2D eigenvalue weighted by Crippen LogP contribution is -2.49. The molecule has 0 spiro atoms. The van der Waals surface area contributed by atoms with Gasteiger partial charge in [0.15, 0.2) is 0 Å². The molecule has 1 aromatic heterocycles. The summed E-state index contributed by atoms with van der Waals surface area (Å²) in [6.45, 7) is 1.32. The normalized spacial score (nSPS) is 17.2. The van der Waals surface area contributed by atoms with Crippen LogP contribution in [0.25, 0.3) is 0 Å². The number of piperazine rings is 1. The van der Waals surface area contributed by atoms with E-state index < -0.39 is 27.4 Å². The third kappa shape index (κ3) is 4.96. The number of benzene rings is 1. The second-order valence-electron chi connectivity index (χ2n) is 6.81. The topological polar surface area (TPSA) is 89.1 Å². The number of halogens is 5. The Kier molecular flexibility index (Phi) is 4.92. The van der Waals surface area contributed by atoms with E-state index in [4.69, 9.17) is 10.8 Å². The van der Waals surface area contributed by atoms with Crippen LogP contribution in [0.3, 0.4) is 0 Å². The average molecular weight is 450 g/mol. The van der Waals surface area contributed by atoms with Gasteiger partial charge in [-0.05, 0) is 29.8 Å². The molecule has 1 aliphatic heterocycles. The quantitative estimate of drug-likeness (QED) is 0.416. The van der Waals surface area contributed by atoms with E-state index in [1.165, 1.54) is 17.0 Å². The monoisotopic (exact) mass is 450 g/mol. The molecular formula is C17H19F5N6OS. The third-order valence-electron chi connectivity index (χ3n) is 4.63. The van der Waals surface area contributed by atoms with Crippen LogP contribution in [0.1, 0.15) is 5.56 Å². The number of carbonyl (C=O) groups excluding carboxylic acids is 1. The Morgan fingerprint density at radius 3 is 2.33 bits per heavy atom. The maximum absolute atomic E-state index is 13.0. The molecule has 0 atom stereocenters. The van der Waals surface area contributed by atoms with E-state index in [1.807, 2.05) is 4.90 Å². The SMILES string of the molecule is N=Cn1nc(N2CCN(C(=O)Cc3cccc(S(F)(F)(F)(F)F)c3)CC2)ccc1=N. The van der Waals surface area contributed by atoms with Crippen LogP contribution >= 0.6 is 10.2 Å². The summed E-state index contributed by atoms with van der Waals surface area (Å²) in [5.74, 6) is 0.0585. The van der Waals surface area contributed by atoms with Crippen molar-refractivity contribution in [2.24, 2.45) is 0 Å². The standard InChI is InChI=1S/C17H19F5N6OS/c18-30(19,20,21,22)14-3-1-2-13(10-14)11-17(29)27-8-6-26(7-9-27)16-5-4-15(24)28(12-23)25-16/h1-5,10,12,23-24H,6-9,11H2. The van der Waals surface area contributed by atoms with Gasteiger partial charge in [-0.1, -0.05) is 31.6 Å². The highest BCUT2D eigenvalue weighted by Crippen LogP contribution is 3.02. The Bertz CT molecular complexity index is 1050. The van der Waals surface area contributed by atoms with E-state index in [0.29, 0.717) is 31.0 Å². The molecule has 0 aliphatic carbocycles. The highest BCUT2D eigenvalue weighted by atomic mass is 32.5. The van der Waals surface area contributed by atoms with E-state index in [1.54, 1.807) is 6.07 Å². The van der Waals surface area contributed by atoms with Crippen LogP contribution in [0.5, 0.6) is 0 Å². The number of amides is 1. The largest absolute Gasteiger partial charge is 0.352 e. The van der Waals surface area contributed by atoms with E-state index >= 15 is 0 Å². The van der Waals surface area contributed by atoms with E-state index in [0.717, 1.165) is 17.1 Å². The van der Waals surface area contributed by atoms with Gasteiger partial charge in [0.05, 0.1) is 6.42 Å². The highest BCUT2D eigenvalue weighted by Gasteiger charge is 2.65. The highest BCUT2D eigenvalue weighted by molar-refractivity contribution is 8.45. The van der Waals surface area contributed by atoms with Gasteiger partial charge in [0.1, 0.15) is 22.5 Å². The molecule has 0 saturated carbocycles. The van der Waals surface area contributed by atoms with Crippen molar-refractivity contribution in [3.63, 3.8) is 0 Å². The first-order chi connectivity index (χ1) is 13.8. The molecule has 13 heteroatoms. The number of carbonyl (C=O) groups is 1. The summed E-state index contributed by atoms with van der Waals surface area (Å²) < 4.78 is 65.9. The molecule has 0 radical (unpaired) electrons. The molecule has 1 aromatic carbocycles. The molecule has 2 heterocycles. The van der Waals surface area contributed by atoms with Gasteiger partial charge in [0, 0.05) is 26.2 Å². The number of anilines is 1. The van der Waals surface area contributed by atoms with E-state index in [2.05, 4.69) is 5.10 Å². The molecule has 1 fully saturated rings. The molecule has 1 amide bonds. The van der Waals surface area contributed by atoms with Gasteiger partial charge in [-0.3, -0.25) is 15.6 Å². The minimum Gasteiger partial charge on any atom is -0.352 e. The van der Waals surface area contributed by atoms with Crippen LogP contribution in [-0.2, 0) is 11.2 Å². The van der Waals surface area contributed by atoms with Crippen molar-refractivity contribution < 1.29 is 24.2 Å². The number of nitrogens with zero attached hydrogens (tertiary/aromatic N) is 4. The van der Waals surface area contributed by atoms with Gasteiger partial charge in [0.2, 0.25) is 5.91 Å². The summed E-state index contributed by atoms with van der Waals surface area (Å²) >= 11 is 0. The minimum absolute atomic E-state index is 0.0383. The van der Waals surface area contributed by atoms with Gasteiger partial charge < -0.3 is 9.80 Å². The molecule has 3 rings (SSSR count). The minimum atomic E-state index is -9.80. The van der Waals surface area contributed by atoms with Crippen molar-refractivity contribution in [2.75, 3.05) is 31.1 Å². The zero-order chi connectivity index (χ0) is 22.2. The third-order valence-corrected chi connectivity index (χ3v) is 5.77. The van der Waals surface area contributed by atoms with Crippen LogP contribution in [-0.4, -0.2) is 53.1 Å². The fourth-order valence-electron chi connectivity index (χ4n) is 3.06. The molecule has 0 bridgehead atoms. The zero-order valence-corrected chi connectivity index (χ0v) is 16.4. The zero-order valence-electron chi connectivity index (χ0n) is 15.6. The maximum atomic E-state index is 13.0. The van der Waals surface area contributed by atoms with E-state index in [9.17, 15) is 24.2 Å². The van der Waals surface area contributed by atoms with Crippen molar-refractivity contribution in [1.29, 1.82) is 10.8 Å². The first-order valence-corrected chi connectivity index (χ1v) is 10.7. The molecular weight excluding hydrogens is 431 g/mol. The summed E-state index contributed by atoms with van der Waals surface area (Å²) in [4.78, 5) is 13.7. The molecule has 2 N–H and O–H groups in total. The van der Waals surface area contributed by atoms with Crippen LogP contribution in [0.15, 0.2) is 41.3 Å². The first kappa shape index (κ1) is 21.7. The maximum Gasteiger partial charge on any atom is 0.310 e. The summed E-state index contributed by atoms with van der Waals surface area (Å²) in [5.41, 5.74) is -0.0933. The second-order valence-corrected chi connectivity index (χ2v) is 9.22. The fourth-order valence-corrected chi connectivity index (χ4v) is 3.77. The predicted molar refractivity (Wildman–Crippen MR) is 103 cm³/mol. The number of aromatic nitrogens is 2. The van der Waals surface area contributed by atoms with Crippen molar-refractivity contribution in [3.05, 3.63) is 47.4 Å². The Balaban J connectivity index is 1.65. The Labute approximate surface area is 168 Å². The Morgan fingerprint density at radius 1 is 1.07 bits per heavy atom. The van der Waals surface area contributed by atoms with Gasteiger partial charge >= 0.3 is 10.2 Å². The van der Waals surface area contributed by atoms with Crippen LogP contribution in [0.4, 0.5) is 25.2 Å². The molecule has 30 heavy (non-hydrogen) atoms. The van der Waals surface area contributed by atoms with Gasteiger partial charge in [-0.25, -0.2) is 4.68 Å². The van der Waals surface area contributed by atoms with Crippen molar-refractivity contribution in [2.45, 2.75) is 11.3 Å². The lowest BCUT2D eigenvalue weighted by molar-refractivity contribution is -0.130. The number of hydrogen-bond acceptors (Lipinski definition) is 5. The molecule has 7 nitrogen and oxygen atoms in total. The average Bonchev–Trinajstić information content (AvgIpc) is 2.67. The summed E-state index contributed by atoms with van der Waals surface area (Å²) in [6.07, 6.45) is 0.480. The molecule has 1 saturated heterocycles. The fraction of sp³-hybridized carbons (Fsp3) is 0.294. The number of hydrogen-bond donors (Lipinski definition) is 2. The number of rotatable bonds is 5. The predicted octanol–water partition coefficient (Wildman–Crippen LogP) is 3.37. The van der Waals surface area contributed by atoms with Gasteiger partial charge in [0.25, 0.3) is 0 Å². The van der Waals surface area contributed by atoms with E-state index in [-0.39, 0.29) is 24.1 Å². The summed E-state index contributed by atoms with van der Waals surface area (Å²) in [5, 5.41) is 19.0. The Morgan fingerprint density at radius 2 is 1.73 bits per heavy atom. The van der Waals surface area contributed by atoms with Crippen LogP contribution in [0.2, 0.25) is 0 Å². The first-order valence-electron chi connectivity index (χ1n) is 8.78. The van der Waals surface area contributed by atoms with Crippen molar-refractivity contribution >= 4 is 28.3 Å². The summed E-state index contributed by atoms with van der Waals surface area (Å²) in [6, 6.07) is 5.82. The van der Waals surface area contributed by atoms with Crippen LogP contribution in [0, 0.1) is 10.8 Å². The van der Waals surface area contributed by atoms with Crippen molar-refractivity contribution in [1.82, 2.24) is 14.7 Å². The second kappa shape index (κ2) is 6.79. The summed E-state index contributed by atoms with van der Waals surface area (Å²) in [7, 11) is -9.80. The lowest BCUT2D eigenvalue weighted by Gasteiger charge is -2.40.